The summed E-state index contributed by atoms with van der Waals surface area (Å²) in [5.74, 6) is -0.994. The third kappa shape index (κ3) is 4.17. The van der Waals surface area contributed by atoms with Crippen LogP contribution in [-0.4, -0.2) is 87.3 Å². The van der Waals surface area contributed by atoms with Crippen molar-refractivity contribution in [1.29, 1.82) is 0 Å². The van der Waals surface area contributed by atoms with Crippen molar-refractivity contribution in [2.24, 2.45) is 0 Å². The summed E-state index contributed by atoms with van der Waals surface area (Å²) in [6.45, 7) is 0. The molecule has 0 unspecified atom stereocenters. The molecule has 27 heavy (non-hydrogen) atoms. The molecule has 3 heterocycles. The Morgan fingerprint density at radius 3 is 2.41 bits per heavy atom. The quantitative estimate of drug-likeness (QED) is 0.520. The number of carbonyl (C=O) groups excluding carboxylic acids is 1. The van der Waals surface area contributed by atoms with Crippen molar-refractivity contribution < 1.29 is 14.7 Å². The number of carbonyl (C=O) groups is 2. The molecule has 0 spiro atoms. The van der Waals surface area contributed by atoms with Crippen molar-refractivity contribution in [1.82, 2.24) is 18.9 Å². The first-order valence-corrected chi connectivity index (χ1v) is 7.72. The summed E-state index contributed by atoms with van der Waals surface area (Å²) in [6, 6.07) is 9.45. The number of imidazole rings is 2. The topological polar surface area (TPSA) is 102 Å². The Morgan fingerprint density at radius 1 is 1.00 bits per heavy atom. The van der Waals surface area contributed by atoms with Gasteiger partial charge in [0.15, 0.2) is 5.82 Å². The molecule has 0 saturated heterocycles. The zero-order valence-electron chi connectivity index (χ0n) is 13.4. The number of amides is 1. The number of rotatable bonds is 4. The molecular formula is C18H14KN5O3. The SMILES string of the molecule is O=C(O)c1ccc(C(=O)Nc2cn3cc(-n4ccnc4)ccc3n2)cc1.[KH]. The molecule has 0 fully saturated rings. The molecule has 0 bridgehead atoms. The van der Waals surface area contributed by atoms with E-state index in [4.69, 9.17) is 5.11 Å². The summed E-state index contributed by atoms with van der Waals surface area (Å²) in [5.41, 5.74) is 2.08. The first-order chi connectivity index (χ1) is 12.6. The fourth-order valence-corrected chi connectivity index (χ4v) is 2.56. The molecule has 1 amide bonds. The zero-order chi connectivity index (χ0) is 18.1. The van der Waals surface area contributed by atoms with Gasteiger partial charge in [0.2, 0.25) is 0 Å². The number of carboxylic acid groups (broad SMARTS) is 1. The number of nitrogens with one attached hydrogen (secondary N) is 1. The van der Waals surface area contributed by atoms with Crippen molar-refractivity contribution in [2.45, 2.75) is 0 Å². The van der Waals surface area contributed by atoms with Gasteiger partial charge in [0, 0.05) is 24.2 Å². The van der Waals surface area contributed by atoms with Crippen molar-refractivity contribution in [3.63, 3.8) is 0 Å². The molecule has 0 saturated carbocycles. The van der Waals surface area contributed by atoms with Gasteiger partial charge in [-0.1, -0.05) is 0 Å². The van der Waals surface area contributed by atoms with Crippen LogP contribution in [0, 0.1) is 0 Å². The van der Waals surface area contributed by atoms with E-state index in [0.29, 0.717) is 17.0 Å². The number of fused-ring (bicyclic) bond motifs is 1. The van der Waals surface area contributed by atoms with Gasteiger partial charge < -0.3 is 19.4 Å². The number of anilines is 1. The van der Waals surface area contributed by atoms with Crippen LogP contribution in [0.5, 0.6) is 0 Å². The van der Waals surface area contributed by atoms with Gasteiger partial charge in [0.05, 0.1) is 23.8 Å². The van der Waals surface area contributed by atoms with E-state index >= 15 is 0 Å². The number of carboxylic acids is 1. The van der Waals surface area contributed by atoms with Crippen molar-refractivity contribution in [3.05, 3.63) is 78.6 Å². The Bertz CT molecular complexity index is 1100. The Kier molecular flexibility index (Phi) is 5.87. The molecule has 2 N–H and O–H groups in total. The molecule has 4 aromatic rings. The molecule has 9 heteroatoms. The van der Waals surface area contributed by atoms with Crippen molar-refractivity contribution in [2.75, 3.05) is 5.32 Å². The predicted octanol–water partition coefficient (Wildman–Crippen LogP) is 1.82. The van der Waals surface area contributed by atoms with E-state index in [2.05, 4.69) is 15.3 Å². The average molecular weight is 387 g/mol. The van der Waals surface area contributed by atoms with E-state index in [9.17, 15) is 9.59 Å². The minimum atomic E-state index is -1.04. The van der Waals surface area contributed by atoms with E-state index in [-0.39, 0.29) is 62.9 Å². The van der Waals surface area contributed by atoms with Crippen molar-refractivity contribution in [3.8, 4) is 5.69 Å². The maximum absolute atomic E-state index is 12.3. The standard InChI is InChI=1S/C18H13N5O3.K.H/c24-17(12-1-3-13(4-2-12)18(25)26)21-15-10-23-9-14(5-6-16(23)20-15)22-8-7-19-11-22;;/h1-11H,(H,21,24)(H,25,26);;. The van der Waals surface area contributed by atoms with E-state index < -0.39 is 5.97 Å². The summed E-state index contributed by atoms with van der Waals surface area (Å²) in [7, 11) is 0. The number of hydrogen-bond donors (Lipinski definition) is 2. The van der Waals surface area contributed by atoms with Gasteiger partial charge >= 0.3 is 57.4 Å². The zero-order valence-corrected chi connectivity index (χ0v) is 13.4. The van der Waals surface area contributed by atoms with Crippen LogP contribution in [-0.2, 0) is 0 Å². The van der Waals surface area contributed by atoms with Gasteiger partial charge in [-0.05, 0) is 36.4 Å². The number of aromatic nitrogens is 4. The van der Waals surface area contributed by atoms with Gasteiger partial charge in [-0.15, -0.1) is 0 Å². The van der Waals surface area contributed by atoms with E-state index in [0.717, 1.165) is 5.69 Å². The van der Waals surface area contributed by atoms with Crippen LogP contribution in [0.3, 0.4) is 0 Å². The van der Waals surface area contributed by atoms with Gasteiger partial charge in [-0.2, -0.15) is 0 Å². The third-order valence-electron chi connectivity index (χ3n) is 3.87. The predicted molar refractivity (Wildman–Crippen MR) is 101 cm³/mol. The summed E-state index contributed by atoms with van der Waals surface area (Å²) >= 11 is 0. The molecule has 0 aliphatic rings. The van der Waals surface area contributed by atoms with Crippen LogP contribution < -0.4 is 5.32 Å². The van der Waals surface area contributed by atoms with E-state index in [1.807, 2.05) is 29.1 Å². The number of pyridine rings is 1. The third-order valence-corrected chi connectivity index (χ3v) is 3.87. The summed E-state index contributed by atoms with van der Waals surface area (Å²) < 4.78 is 3.67. The Morgan fingerprint density at radius 2 is 1.74 bits per heavy atom. The van der Waals surface area contributed by atoms with Crippen LogP contribution in [0.25, 0.3) is 11.3 Å². The number of hydrogen-bond acceptors (Lipinski definition) is 4. The van der Waals surface area contributed by atoms with Crippen LogP contribution in [0.2, 0.25) is 0 Å². The van der Waals surface area contributed by atoms with Crippen LogP contribution in [0.4, 0.5) is 5.82 Å². The van der Waals surface area contributed by atoms with Crippen LogP contribution in [0.15, 0.2) is 67.5 Å². The summed E-state index contributed by atoms with van der Waals surface area (Å²) in [4.78, 5) is 31.5. The Hall–Kier alpha value is -2.30. The van der Waals surface area contributed by atoms with E-state index in [1.54, 1.807) is 23.1 Å². The average Bonchev–Trinajstić information content (AvgIpc) is 3.30. The van der Waals surface area contributed by atoms with Gasteiger partial charge in [-0.25, -0.2) is 14.8 Å². The van der Waals surface area contributed by atoms with Crippen LogP contribution >= 0.6 is 0 Å². The molecule has 8 nitrogen and oxygen atoms in total. The van der Waals surface area contributed by atoms with Gasteiger partial charge in [-0.3, -0.25) is 4.79 Å². The van der Waals surface area contributed by atoms with Crippen molar-refractivity contribution >= 4 is 74.7 Å². The fraction of sp³-hybridized carbons (Fsp3) is 0. The Balaban J connectivity index is 0.00000210. The minimum absolute atomic E-state index is 0. The molecular weight excluding hydrogens is 373 g/mol. The summed E-state index contributed by atoms with van der Waals surface area (Å²) in [5, 5.41) is 11.6. The van der Waals surface area contributed by atoms with Gasteiger partial charge in [0.1, 0.15) is 5.65 Å². The maximum atomic E-state index is 12.3. The number of aromatic carboxylic acids is 1. The van der Waals surface area contributed by atoms with Crippen LogP contribution in [0.1, 0.15) is 20.7 Å². The molecule has 0 aliphatic heterocycles. The number of benzene rings is 1. The monoisotopic (exact) mass is 387 g/mol. The summed E-state index contributed by atoms with van der Waals surface area (Å²) in [6.07, 6.45) is 8.81. The Labute approximate surface area is 196 Å². The molecule has 4 rings (SSSR count). The number of nitrogens with zero attached hydrogens (tertiary/aromatic N) is 4. The molecule has 0 atom stereocenters. The first-order valence-electron chi connectivity index (χ1n) is 7.72. The first kappa shape index (κ1) is 19.5. The molecule has 1 aromatic carbocycles. The van der Waals surface area contributed by atoms with Gasteiger partial charge in [0.25, 0.3) is 5.91 Å². The molecule has 130 valence electrons. The normalized spacial score (nSPS) is 10.4. The second-order valence-corrected chi connectivity index (χ2v) is 5.59. The fourth-order valence-electron chi connectivity index (χ4n) is 2.56. The molecule has 0 aliphatic carbocycles. The molecule has 0 radical (unpaired) electrons. The van der Waals surface area contributed by atoms with E-state index in [1.165, 1.54) is 24.3 Å². The second-order valence-electron chi connectivity index (χ2n) is 5.59. The second kappa shape index (κ2) is 8.15. The molecule has 3 aromatic heterocycles.